The van der Waals surface area contributed by atoms with Gasteiger partial charge < -0.3 is 14.5 Å². The van der Waals surface area contributed by atoms with Crippen molar-refractivity contribution in [2.24, 2.45) is 0 Å². The summed E-state index contributed by atoms with van der Waals surface area (Å²) in [5.74, 6) is -0.0435. The Morgan fingerprint density at radius 3 is 2.59 bits per heavy atom. The number of piperazine rings is 1. The van der Waals surface area contributed by atoms with Crippen LogP contribution in [0.3, 0.4) is 0 Å². The predicted molar refractivity (Wildman–Crippen MR) is 114 cm³/mol. The Morgan fingerprint density at radius 2 is 1.94 bits per heavy atom. The first-order valence-corrected chi connectivity index (χ1v) is 9.90. The molecule has 0 bridgehead atoms. The number of esters is 1. The lowest BCUT2D eigenvalue weighted by atomic mass is 10.1. The minimum absolute atomic E-state index is 0.103. The Balaban J connectivity index is 1.61. The van der Waals surface area contributed by atoms with Crippen LogP contribution < -0.4 is 9.80 Å². The van der Waals surface area contributed by atoms with Crippen molar-refractivity contribution >= 4 is 39.9 Å². The molecule has 0 N–H and O–H groups in total. The van der Waals surface area contributed by atoms with E-state index in [9.17, 15) is 14.9 Å². The maximum Gasteiger partial charge on any atom is 0.340 e. The number of rotatable bonds is 5. The minimum atomic E-state index is -0.522. The Hall–Kier alpha value is -4.27. The van der Waals surface area contributed by atoms with Crippen LogP contribution in [0.15, 0.2) is 22.8 Å². The first-order chi connectivity index (χ1) is 15.4. The molecule has 12 heteroatoms. The highest BCUT2D eigenvalue weighted by molar-refractivity contribution is 5.96. The van der Waals surface area contributed by atoms with Crippen LogP contribution in [-0.4, -0.2) is 59.0 Å². The van der Waals surface area contributed by atoms with E-state index in [1.54, 1.807) is 19.9 Å². The smallest absolute Gasteiger partial charge is 0.340 e. The monoisotopic (exact) mass is 437 g/mol. The van der Waals surface area contributed by atoms with Crippen molar-refractivity contribution in [2.45, 2.75) is 13.8 Å². The van der Waals surface area contributed by atoms with Gasteiger partial charge in [-0.2, -0.15) is 0 Å². The van der Waals surface area contributed by atoms with E-state index in [0.29, 0.717) is 54.6 Å². The number of benzene rings is 1. The second-order valence-electron chi connectivity index (χ2n) is 7.09. The van der Waals surface area contributed by atoms with E-state index < -0.39 is 10.9 Å². The molecule has 164 valence electrons. The van der Waals surface area contributed by atoms with E-state index in [1.807, 2.05) is 9.80 Å². The quantitative estimate of drug-likeness (QED) is 0.254. The summed E-state index contributed by atoms with van der Waals surface area (Å²) in [6, 6.07) is 4.55. The fraction of sp³-hybridized carbons (Fsp3) is 0.350. The van der Waals surface area contributed by atoms with E-state index in [0.717, 1.165) is 0 Å². The Bertz CT molecular complexity index is 1240. The summed E-state index contributed by atoms with van der Waals surface area (Å²) in [5, 5.41) is 18.8. The second kappa shape index (κ2) is 8.46. The fourth-order valence-corrected chi connectivity index (χ4v) is 3.70. The third kappa shape index (κ3) is 3.64. The molecule has 1 fully saturated rings. The molecular formula is C20H19N7O5. The number of aromatic nitrogens is 3. The molecule has 3 aromatic rings. The number of anilines is 2. The predicted octanol–water partition coefficient (Wildman–Crippen LogP) is 2.89. The van der Waals surface area contributed by atoms with E-state index in [4.69, 9.17) is 15.9 Å². The van der Waals surface area contributed by atoms with Gasteiger partial charge in [-0.15, -0.1) is 0 Å². The maximum atomic E-state index is 12.5. The molecule has 0 saturated carbocycles. The van der Waals surface area contributed by atoms with Gasteiger partial charge in [-0.25, -0.2) is 19.3 Å². The average Bonchev–Trinajstić information content (AvgIpc) is 3.28. The zero-order valence-corrected chi connectivity index (χ0v) is 17.4. The molecule has 0 spiro atoms. The minimum Gasteiger partial charge on any atom is -0.462 e. The second-order valence-corrected chi connectivity index (χ2v) is 7.09. The molecule has 0 radical (unpaired) electrons. The van der Waals surface area contributed by atoms with Gasteiger partial charge >= 0.3 is 11.7 Å². The van der Waals surface area contributed by atoms with Gasteiger partial charge in [-0.05, 0) is 36.3 Å². The number of pyridine rings is 1. The molecule has 1 aliphatic heterocycles. The molecule has 2 aromatic heterocycles. The van der Waals surface area contributed by atoms with Gasteiger partial charge in [0.05, 0.1) is 29.4 Å². The standard InChI is InChI=1S/C20H19N7O5/c1-4-31-20(28)13-11-14(21-3)12(2)22-19(13)26-9-7-25(8-10-26)15-5-6-16(27(29)30)18-17(15)23-32-24-18/h5-6,11H,4,7-10H2,1-2H3. The normalized spacial score (nSPS) is 13.8. The lowest BCUT2D eigenvalue weighted by Gasteiger charge is -2.37. The SMILES string of the molecule is [C-]#[N+]c1cc(C(=O)OCC)c(N2CCN(c3ccc([N+](=O)[O-])c4nonc34)CC2)nc1C. The third-order valence-corrected chi connectivity index (χ3v) is 5.27. The first kappa shape index (κ1) is 21.0. The third-order valence-electron chi connectivity index (χ3n) is 5.27. The molecule has 3 heterocycles. The highest BCUT2D eigenvalue weighted by Crippen LogP contribution is 2.33. The Kier molecular flexibility index (Phi) is 5.55. The van der Waals surface area contributed by atoms with E-state index >= 15 is 0 Å². The van der Waals surface area contributed by atoms with Crippen molar-refractivity contribution in [1.82, 2.24) is 15.3 Å². The molecule has 0 amide bonds. The average molecular weight is 437 g/mol. The van der Waals surface area contributed by atoms with Gasteiger partial charge in [0.15, 0.2) is 5.52 Å². The van der Waals surface area contributed by atoms with Crippen LogP contribution in [0.25, 0.3) is 15.9 Å². The Labute approximate surface area is 182 Å². The lowest BCUT2D eigenvalue weighted by Crippen LogP contribution is -2.47. The molecule has 1 aliphatic rings. The van der Waals surface area contributed by atoms with E-state index in [-0.39, 0.29) is 23.4 Å². The number of ether oxygens (including phenoxy) is 1. The number of hydrogen-bond donors (Lipinski definition) is 0. The van der Waals surface area contributed by atoms with Crippen molar-refractivity contribution < 1.29 is 19.1 Å². The van der Waals surface area contributed by atoms with Crippen LogP contribution in [0.4, 0.5) is 22.9 Å². The largest absolute Gasteiger partial charge is 0.462 e. The van der Waals surface area contributed by atoms with Crippen molar-refractivity contribution in [3.8, 4) is 0 Å². The first-order valence-electron chi connectivity index (χ1n) is 9.90. The highest BCUT2D eigenvalue weighted by Gasteiger charge is 2.28. The molecule has 4 rings (SSSR count). The summed E-state index contributed by atoms with van der Waals surface area (Å²) in [6.45, 7) is 13.1. The van der Waals surface area contributed by atoms with Gasteiger partial charge in [0, 0.05) is 37.9 Å². The van der Waals surface area contributed by atoms with Crippen molar-refractivity contribution in [3.63, 3.8) is 0 Å². The van der Waals surface area contributed by atoms with Gasteiger partial charge in [0.2, 0.25) is 11.2 Å². The van der Waals surface area contributed by atoms with Crippen LogP contribution >= 0.6 is 0 Å². The summed E-state index contributed by atoms with van der Waals surface area (Å²) >= 11 is 0. The van der Waals surface area contributed by atoms with Crippen molar-refractivity contribution in [2.75, 3.05) is 42.6 Å². The summed E-state index contributed by atoms with van der Waals surface area (Å²) in [4.78, 5) is 35.1. The van der Waals surface area contributed by atoms with Gasteiger partial charge in [-0.3, -0.25) is 10.1 Å². The molecule has 0 unspecified atom stereocenters. The summed E-state index contributed by atoms with van der Waals surface area (Å²) in [5.41, 5.74) is 2.06. The zero-order chi connectivity index (χ0) is 22.8. The van der Waals surface area contributed by atoms with Crippen LogP contribution in [0.1, 0.15) is 23.0 Å². The van der Waals surface area contributed by atoms with Gasteiger partial charge in [0.1, 0.15) is 5.82 Å². The topological polar surface area (TPSA) is 132 Å². The highest BCUT2D eigenvalue weighted by atomic mass is 16.6. The van der Waals surface area contributed by atoms with Gasteiger partial charge in [-0.1, -0.05) is 0 Å². The lowest BCUT2D eigenvalue weighted by molar-refractivity contribution is -0.383. The van der Waals surface area contributed by atoms with Gasteiger partial charge in [0.25, 0.3) is 0 Å². The fourth-order valence-electron chi connectivity index (χ4n) is 3.70. The molecule has 32 heavy (non-hydrogen) atoms. The molecule has 1 aromatic carbocycles. The summed E-state index contributed by atoms with van der Waals surface area (Å²) < 4.78 is 9.91. The maximum absolute atomic E-state index is 12.5. The summed E-state index contributed by atoms with van der Waals surface area (Å²) in [7, 11) is 0. The van der Waals surface area contributed by atoms with Crippen LogP contribution in [0.5, 0.6) is 0 Å². The number of aryl methyl sites for hydroxylation is 1. The molecular weight excluding hydrogens is 418 g/mol. The van der Waals surface area contributed by atoms with E-state index in [1.165, 1.54) is 12.1 Å². The number of nitrogens with zero attached hydrogens (tertiary/aromatic N) is 7. The van der Waals surface area contributed by atoms with Crippen LogP contribution in [-0.2, 0) is 4.74 Å². The molecule has 1 saturated heterocycles. The number of fused-ring (bicyclic) bond motifs is 1. The van der Waals surface area contributed by atoms with Crippen molar-refractivity contribution in [1.29, 1.82) is 0 Å². The number of non-ortho nitro benzene ring substituents is 1. The van der Waals surface area contributed by atoms with Crippen LogP contribution in [0, 0.1) is 23.6 Å². The molecule has 0 aliphatic carbocycles. The number of nitro benzene ring substituents is 1. The number of nitro groups is 1. The number of hydrogen-bond acceptors (Lipinski definition) is 10. The van der Waals surface area contributed by atoms with E-state index in [2.05, 4.69) is 20.1 Å². The number of carbonyl (C=O) groups is 1. The number of carbonyl (C=O) groups excluding carboxylic acids is 1. The molecule has 12 nitrogen and oxygen atoms in total. The summed E-state index contributed by atoms with van der Waals surface area (Å²) in [6.07, 6.45) is 0. The zero-order valence-electron chi connectivity index (χ0n) is 17.4. The van der Waals surface area contributed by atoms with Crippen molar-refractivity contribution in [3.05, 3.63) is 51.0 Å². The van der Waals surface area contributed by atoms with Crippen LogP contribution in [0.2, 0.25) is 0 Å². The molecule has 0 atom stereocenters. The Morgan fingerprint density at radius 1 is 1.25 bits per heavy atom.